The SMILES string of the molecule is CN(CC1CCCC1O)C(=O)c1ccc2c(c1)CCC(=O)N2C. The molecule has 0 bridgehead atoms. The number of carbonyl (C=O) groups is 2. The van der Waals surface area contributed by atoms with Gasteiger partial charge < -0.3 is 14.9 Å². The summed E-state index contributed by atoms with van der Waals surface area (Å²) >= 11 is 0. The lowest BCUT2D eigenvalue weighted by molar-refractivity contribution is -0.118. The summed E-state index contributed by atoms with van der Waals surface area (Å²) in [4.78, 5) is 27.7. The topological polar surface area (TPSA) is 60.9 Å². The second-order valence-electron chi connectivity index (χ2n) is 6.74. The van der Waals surface area contributed by atoms with Crippen LogP contribution in [0.25, 0.3) is 0 Å². The number of rotatable bonds is 3. The Hall–Kier alpha value is -1.88. The highest BCUT2D eigenvalue weighted by Gasteiger charge is 2.28. The van der Waals surface area contributed by atoms with E-state index in [1.165, 1.54) is 0 Å². The average Bonchev–Trinajstić information content (AvgIpc) is 2.95. The van der Waals surface area contributed by atoms with Gasteiger partial charge in [-0.15, -0.1) is 0 Å². The van der Waals surface area contributed by atoms with E-state index in [0.29, 0.717) is 24.9 Å². The van der Waals surface area contributed by atoms with Crippen LogP contribution in [-0.4, -0.2) is 48.6 Å². The number of hydrogen-bond donors (Lipinski definition) is 1. The minimum atomic E-state index is -0.284. The van der Waals surface area contributed by atoms with Crippen molar-refractivity contribution in [2.24, 2.45) is 5.92 Å². The number of carbonyl (C=O) groups excluding carboxylic acids is 2. The molecule has 1 aliphatic heterocycles. The van der Waals surface area contributed by atoms with Gasteiger partial charge in [-0.3, -0.25) is 9.59 Å². The summed E-state index contributed by atoms with van der Waals surface area (Å²) in [6, 6.07) is 5.55. The van der Waals surface area contributed by atoms with E-state index in [4.69, 9.17) is 0 Å². The number of amides is 2. The molecular formula is C18H24N2O3. The van der Waals surface area contributed by atoms with Crippen molar-refractivity contribution in [3.05, 3.63) is 29.3 Å². The van der Waals surface area contributed by atoms with Crippen molar-refractivity contribution >= 4 is 17.5 Å². The van der Waals surface area contributed by atoms with Crippen LogP contribution in [0.3, 0.4) is 0 Å². The van der Waals surface area contributed by atoms with Gasteiger partial charge in [-0.2, -0.15) is 0 Å². The van der Waals surface area contributed by atoms with E-state index < -0.39 is 0 Å². The Morgan fingerprint density at radius 1 is 1.35 bits per heavy atom. The number of anilines is 1. The number of aryl methyl sites for hydroxylation is 1. The first kappa shape index (κ1) is 16.0. The van der Waals surface area contributed by atoms with Gasteiger partial charge in [0.15, 0.2) is 0 Å². The van der Waals surface area contributed by atoms with E-state index in [-0.39, 0.29) is 23.8 Å². The quantitative estimate of drug-likeness (QED) is 0.925. The van der Waals surface area contributed by atoms with Gasteiger partial charge in [0.1, 0.15) is 0 Å². The molecule has 1 saturated carbocycles. The molecule has 1 fully saturated rings. The first-order chi connectivity index (χ1) is 11.0. The molecule has 2 unspecified atom stereocenters. The summed E-state index contributed by atoms with van der Waals surface area (Å²) in [6.45, 7) is 0.593. The number of aliphatic hydroxyl groups excluding tert-OH is 1. The van der Waals surface area contributed by atoms with Gasteiger partial charge >= 0.3 is 0 Å². The Balaban J connectivity index is 1.74. The summed E-state index contributed by atoms with van der Waals surface area (Å²) in [6.07, 6.45) is 3.75. The Bertz CT molecular complexity index is 629. The van der Waals surface area contributed by atoms with Crippen molar-refractivity contribution in [1.29, 1.82) is 0 Å². The molecule has 0 aromatic heterocycles. The number of nitrogens with zero attached hydrogens (tertiary/aromatic N) is 2. The monoisotopic (exact) mass is 316 g/mol. The van der Waals surface area contributed by atoms with Crippen LogP contribution in [0.5, 0.6) is 0 Å². The lowest BCUT2D eigenvalue weighted by Crippen LogP contribution is -2.35. The van der Waals surface area contributed by atoms with Gasteiger partial charge in [0, 0.05) is 44.2 Å². The maximum absolute atomic E-state index is 12.6. The normalized spacial score (nSPS) is 23.8. The molecular weight excluding hydrogens is 292 g/mol. The lowest BCUT2D eigenvalue weighted by Gasteiger charge is -2.27. The van der Waals surface area contributed by atoms with Crippen LogP contribution in [0.15, 0.2) is 18.2 Å². The molecule has 23 heavy (non-hydrogen) atoms. The average molecular weight is 316 g/mol. The lowest BCUT2D eigenvalue weighted by atomic mass is 9.98. The highest BCUT2D eigenvalue weighted by molar-refractivity contribution is 5.98. The summed E-state index contributed by atoms with van der Waals surface area (Å²) in [7, 11) is 3.57. The second-order valence-corrected chi connectivity index (χ2v) is 6.74. The molecule has 0 radical (unpaired) electrons. The molecule has 1 N–H and O–H groups in total. The minimum absolute atomic E-state index is 0.0218. The molecule has 0 spiro atoms. The van der Waals surface area contributed by atoms with Crippen molar-refractivity contribution < 1.29 is 14.7 Å². The third kappa shape index (κ3) is 3.11. The fraction of sp³-hybridized carbons (Fsp3) is 0.556. The van der Waals surface area contributed by atoms with Crippen molar-refractivity contribution in [1.82, 2.24) is 4.90 Å². The zero-order chi connectivity index (χ0) is 16.6. The van der Waals surface area contributed by atoms with Crippen LogP contribution in [0.4, 0.5) is 5.69 Å². The molecule has 2 aliphatic rings. The fourth-order valence-electron chi connectivity index (χ4n) is 3.67. The van der Waals surface area contributed by atoms with Gasteiger partial charge in [0.25, 0.3) is 5.91 Å². The standard InChI is InChI=1S/C18H24N2O3/c1-19(11-14-4-3-5-16(14)21)18(23)13-6-8-15-12(10-13)7-9-17(22)20(15)2/h6,8,10,14,16,21H,3-5,7,9,11H2,1-2H3. The van der Waals surface area contributed by atoms with Gasteiger partial charge in [-0.05, 0) is 43.0 Å². The highest BCUT2D eigenvalue weighted by Crippen LogP contribution is 2.29. The largest absolute Gasteiger partial charge is 0.393 e. The first-order valence-electron chi connectivity index (χ1n) is 8.30. The fourth-order valence-corrected chi connectivity index (χ4v) is 3.67. The summed E-state index contributed by atoms with van der Waals surface area (Å²) in [5, 5.41) is 9.93. The summed E-state index contributed by atoms with van der Waals surface area (Å²) < 4.78 is 0. The Kier molecular flexibility index (Phi) is 4.39. The van der Waals surface area contributed by atoms with E-state index >= 15 is 0 Å². The van der Waals surface area contributed by atoms with Crippen LogP contribution >= 0.6 is 0 Å². The van der Waals surface area contributed by atoms with Crippen molar-refractivity contribution in [3.8, 4) is 0 Å². The Morgan fingerprint density at radius 2 is 2.13 bits per heavy atom. The van der Waals surface area contributed by atoms with E-state index in [1.807, 2.05) is 12.1 Å². The molecule has 5 nitrogen and oxygen atoms in total. The zero-order valence-corrected chi connectivity index (χ0v) is 13.8. The molecule has 5 heteroatoms. The molecule has 1 aromatic rings. The van der Waals surface area contributed by atoms with E-state index in [1.54, 1.807) is 30.0 Å². The number of aliphatic hydroxyl groups is 1. The molecule has 0 saturated heterocycles. The highest BCUT2D eigenvalue weighted by atomic mass is 16.3. The van der Waals surface area contributed by atoms with Crippen LogP contribution in [-0.2, 0) is 11.2 Å². The maximum atomic E-state index is 12.6. The Morgan fingerprint density at radius 3 is 2.83 bits per heavy atom. The molecule has 1 aromatic carbocycles. The van der Waals surface area contributed by atoms with E-state index in [9.17, 15) is 14.7 Å². The molecule has 2 amide bonds. The second kappa shape index (κ2) is 6.32. The number of hydrogen-bond acceptors (Lipinski definition) is 3. The van der Waals surface area contributed by atoms with Crippen molar-refractivity contribution in [3.63, 3.8) is 0 Å². The van der Waals surface area contributed by atoms with Crippen LogP contribution < -0.4 is 4.90 Å². The van der Waals surface area contributed by atoms with E-state index in [0.717, 1.165) is 30.5 Å². The predicted octanol–water partition coefficient (Wildman–Crippen LogP) is 1.83. The maximum Gasteiger partial charge on any atom is 0.253 e. The molecule has 3 rings (SSSR count). The van der Waals surface area contributed by atoms with Gasteiger partial charge in [-0.25, -0.2) is 0 Å². The molecule has 2 atom stereocenters. The van der Waals surface area contributed by atoms with Gasteiger partial charge in [0.2, 0.25) is 5.91 Å². The molecule has 124 valence electrons. The minimum Gasteiger partial charge on any atom is -0.393 e. The van der Waals surface area contributed by atoms with Crippen molar-refractivity contribution in [2.45, 2.75) is 38.2 Å². The van der Waals surface area contributed by atoms with E-state index in [2.05, 4.69) is 0 Å². The zero-order valence-electron chi connectivity index (χ0n) is 13.8. The van der Waals surface area contributed by atoms with Crippen molar-refractivity contribution in [2.75, 3.05) is 25.5 Å². The molecule has 1 heterocycles. The van der Waals surface area contributed by atoms with Gasteiger partial charge in [-0.1, -0.05) is 6.42 Å². The summed E-state index contributed by atoms with van der Waals surface area (Å²) in [5.74, 6) is 0.278. The summed E-state index contributed by atoms with van der Waals surface area (Å²) in [5.41, 5.74) is 2.60. The van der Waals surface area contributed by atoms with Crippen LogP contribution in [0, 0.1) is 5.92 Å². The third-order valence-corrected chi connectivity index (χ3v) is 5.14. The third-order valence-electron chi connectivity index (χ3n) is 5.14. The smallest absolute Gasteiger partial charge is 0.253 e. The first-order valence-corrected chi connectivity index (χ1v) is 8.30. The Labute approximate surface area is 136 Å². The number of fused-ring (bicyclic) bond motifs is 1. The van der Waals surface area contributed by atoms with Crippen LogP contribution in [0.2, 0.25) is 0 Å². The van der Waals surface area contributed by atoms with Gasteiger partial charge in [0.05, 0.1) is 6.10 Å². The predicted molar refractivity (Wildman–Crippen MR) is 88.5 cm³/mol. The van der Waals surface area contributed by atoms with Crippen LogP contribution in [0.1, 0.15) is 41.6 Å². The number of benzene rings is 1. The molecule has 1 aliphatic carbocycles.